The number of fused-ring (bicyclic) bond motifs is 1. The summed E-state index contributed by atoms with van der Waals surface area (Å²) in [6.45, 7) is 4.36. The Bertz CT molecular complexity index is 881. The molecule has 4 rings (SSSR count). The summed E-state index contributed by atoms with van der Waals surface area (Å²) in [5, 5.41) is 16.3. The Balaban J connectivity index is 1.22. The molecule has 3 atom stereocenters. The van der Waals surface area contributed by atoms with Crippen molar-refractivity contribution < 1.29 is 19.0 Å². The van der Waals surface area contributed by atoms with Gasteiger partial charge < -0.3 is 19.5 Å². The maximum Gasteiger partial charge on any atom is 0.272 e. The molecule has 166 valence electrons. The number of aromatic nitrogens is 2. The Labute approximate surface area is 182 Å². The molecule has 1 aliphatic heterocycles. The number of ether oxygens (including phenoxy) is 3. The van der Waals surface area contributed by atoms with Crippen LogP contribution in [0.15, 0.2) is 30.1 Å². The van der Waals surface area contributed by atoms with Gasteiger partial charge in [0.05, 0.1) is 30.4 Å². The number of carbonyl (C=O) groups excluding carboxylic acids is 1. The molecular weight excluding hydrogens is 396 g/mol. The van der Waals surface area contributed by atoms with Gasteiger partial charge in [0.1, 0.15) is 12.7 Å². The van der Waals surface area contributed by atoms with E-state index in [2.05, 4.69) is 16.5 Å². The van der Waals surface area contributed by atoms with E-state index in [0.717, 1.165) is 24.7 Å². The molecule has 2 heterocycles. The SMILES string of the molecule is CC(COC1=CCC(C#N)C=CC1)NC(=O)c1cc2n(n1)CCC(COCC1CC1)O2. The zero-order chi connectivity index (χ0) is 21.6. The largest absolute Gasteiger partial charge is 0.496 e. The van der Waals surface area contributed by atoms with Crippen molar-refractivity contribution in [2.75, 3.05) is 19.8 Å². The van der Waals surface area contributed by atoms with E-state index in [4.69, 9.17) is 19.5 Å². The molecule has 1 fully saturated rings. The van der Waals surface area contributed by atoms with Crippen molar-refractivity contribution in [3.8, 4) is 11.9 Å². The molecule has 1 N–H and O–H groups in total. The van der Waals surface area contributed by atoms with Crippen molar-refractivity contribution in [3.63, 3.8) is 0 Å². The monoisotopic (exact) mass is 426 g/mol. The minimum Gasteiger partial charge on any atom is -0.496 e. The Morgan fingerprint density at radius 2 is 2.29 bits per heavy atom. The van der Waals surface area contributed by atoms with Gasteiger partial charge in [-0.1, -0.05) is 12.2 Å². The van der Waals surface area contributed by atoms with Gasteiger partial charge in [-0.25, -0.2) is 4.68 Å². The van der Waals surface area contributed by atoms with E-state index in [1.807, 2.05) is 25.2 Å². The van der Waals surface area contributed by atoms with Gasteiger partial charge in [0.25, 0.3) is 5.91 Å². The number of amides is 1. The van der Waals surface area contributed by atoms with E-state index in [1.54, 1.807) is 10.7 Å². The molecule has 0 saturated heterocycles. The number of allylic oxidation sites excluding steroid dienone is 3. The van der Waals surface area contributed by atoms with Crippen LogP contribution in [0.1, 0.15) is 49.5 Å². The highest BCUT2D eigenvalue weighted by atomic mass is 16.5. The molecule has 1 saturated carbocycles. The topological polar surface area (TPSA) is 98.4 Å². The standard InChI is InChI=1S/C23H30N4O4/c1-16(13-30-19-4-2-3-17(12-24)7-8-19)25-23(28)21-11-22-27(26-21)10-9-20(31-22)15-29-14-18-5-6-18/h2-3,8,11,16-18,20H,4-7,9-10,13-15H2,1H3,(H,25,28). The molecule has 2 aliphatic carbocycles. The van der Waals surface area contributed by atoms with Crippen LogP contribution in [-0.4, -0.2) is 47.7 Å². The predicted octanol–water partition coefficient (Wildman–Crippen LogP) is 2.97. The van der Waals surface area contributed by atoms with Crippen molar-refractivity contribution in [2.24, 2.45) is 11.8 Å². The lowest BCUT2D eigenvalue weighted by Crippen LogP contribution is -2.36. The first-order valence-electron chi connectivity index (χ1n) is 11.1. The summed E-state index contributed by atoms with van der Waals surface area (Å²) in [7, 11) is 0. The lowest BCUT2D eigenvalue weighted by molar-refractivity contribution is 0.0221. The molecule has 8 nitrogen and oxygen atoms in total. The highest BCUT2D eigenvalue weighted by Crippen LogP contribution is 2.29. The molecule has 1 aromatic heterocycles. The fourth-order valence-electron chi connectivity index (χ4n) is 3.58. The van der Waals surface area contributed by atoms with Crippen LogP contribution in [0.4, 0.5) is 0 Å². The number of nitriles is 1. The summed E-state index contributed by atoms with van der Waals surface area (Å²) in [6, 6.07) is 3.75. The lowest BCUT2D eigenvalue weighted by Gasteiger charge is -2.24. The summed E-state index contributed by atoms with van der Waals surface area (Å²) in [5.74, 6) is 1.83. The third-order valence-corrected chi connectivity index (χ3v) is 5.63. The zero-order valence-electron chi connectivity index (χ0n) is 18.0. The molecule has 8 heteroatoms. The molecule has 3 aliphatic rings. The van der Waals surface area contributed by atoms with Gasteiger partial charge in [-0.05, 0) is 38.2 Å². The van der Waals surface area contributed by atoms with Crippen molar-refractivity contribution >= 4 is 5.91 Å². The third-order valence-electron chi connectivity index (χ3n) is 5.63. The number of nitrogens with one attached hydrogen (secondary N) is 1. The van der Waals surface area contributed by atoms with Gasteiger partial charge in [0.2, 0.25) is 5.88 Å². The molecule has 31 heavy (non-hydrogen) atoms. The van der Waals surface area contributed by atoms with Crippen LogP contribution in [0.2, 0.25) is 0 Å². The summed E-state index contributed by atoms with van der Waals surface area (Å²) >= 11 is 0. The molecule has 3 unspecified atom stereocenters. The summed E-state index contributed by atoms with van der Waals surface area (Å²) in [5.41, 5.74) is 0.342. The van der Waals surface area contributed by atoms with Crippen molar-refractivity contribution in [3.05, 3.63) is 35.7 Å². The van der Waals surface area contributed by atoms with Gasteiger partial charge in [-0.15, -0.1) is 0 Å². The third kappa shape index (κ3) is 6.11. The second-order valence-electron chi connectivity index (χ2n) is 8.56. The zero-order valence-corrected chi connectivity index (χ0v) is 18.0. The Morgan fingerprint density at radius 3 is 3.10 bits per heavy atom. The van der Waals surface area contributed by atoms with E-state index in [1.165, 1.54) is 12.8 Å². The summed E-state index contributed by atoms with van der Waals surface area (Å²) < 4.78 is 19.3. The fourth-order valence-corrected chi connectivity index (χ4v) is 3.58. The summed E-state index contributed by atoms with van der Waals surface area (Å²) in [4.78, 5) is 12.6. The van der Waals surface area contributed by atoms with Crippen LogP contribution < -0.4 is 10.1 Å². The second kappa shape index (κ2) is 10.0. The van der Waals surface area contributed by atoms with E-state index >= 15 is 0 Å². The van der Waals surface area contributed by atoms with E-state index < -0.39 is 0 Å². The van der Waals surface area contributed by atoms with E-state index in [0.29, 0.717) is 44.2 Å². The van der Waals surface area contributed by atoms with Crippen molar-refractivity contribution in [2.45, 2.75) is 57.7 Å². The van der Waals surface area contributed by atoms with Gasteiger partial charge >= 0.3 is 0 Å². The molecule has 0 bridgehead atoms. The van der Waals surface area contributed by atoms with Crippen LogP contribution in [0.25, 0.3) is 0 Å². The van der Waals surface area contributed by atoms with Crippen molar-refractivity contribution in [1.29, 1.82) is 5.26 Å². The van der Waals surface area contributed by atoms with Crippen LogP contribution >= 0.6 is 0 Å². The molecule has 0 aromatic carbocycles. The normalized spacial score (nSPS) is 23.5. The molecule has 0 spiro atoms. The molecule has 0 radical (unpaired) electrons. The van der Waals surface area contributed by atoms with E-state index in [-0.39, 0.29) is 24.0 Å². The number of hydrogen-bond donors (Lipinski definition) is 1. The maximum absolute atomic E-state index is 12.6. The highest BCUT2D eigenvalue weighted by Gasteiger charge is 2.26. The fraction of sp³-hybridized carbons (Fsp3) is 0.609. The number of aryl methyl sites for hydroxylation is 1. The smallest absolute Gasteiger partial charge is 0.272 e. The van der Waals surface area contributed by atoms with Crippen LogP contribution in [0.3, 0.4) is 0 Å². The number of rotatable bonds is 9. The Hall–Kier alpha value is -2.79. The lowest BCUT2D eigenvalue weighted by atomic mass is 10.1. The van der Waals surface area contributed by atoms with Crippen LogP contribution in [0, 0.1) is 23.2 Å². The van der Waals surface area contributed by atoms with Gasteiger partial charge in [0, 0.05) is 32.1 Å². The van der Waals surface area contributed by atoms with Gasteiger partial charge in [-0.2, -0.15) is 10.4 Å². The Kier molecular flexibility index (Phi) is 6.92. The molecule has 1 amide bonds. The van der Waals surface area contributed by atoms with Crippen LogP contribution in [0.5, 0.6) is 5.88 Å². The Morgan fingerprint density at radius 1 is 1.42 bits per heavy atom. The van der Waals surface area contributed by atoms with Gasteiger partial charge in [0.15, 0.2) is 5.69 Å². The first-order valence-corrected chi connectivity index (χ1v) is 11.1. The second-order valence-corrected chi connectivity index (χ2v) is 8.56. The van der Waals surface area contributed by atoms with Crippen LogP contribution in [-0.2, 0) is 16.0 Å². The van der Waals surface area contributed by atoms with E-state index in [9.17, 15) is 4.79 Å². The maximum atomic E-state index is 12.6. The highest BCUT2D eigenvalue weighted by molar-refractivity contribution is 5.92. The first-order chi connectivity index (χ1) is 15.1. The quantitative estimate of drug-likeness (QED) is 0.610. The minimum atomic E-state index is -0.248. The average molecular weight is 427 g/mol. The van der Waals surface area contributed by atoms with Crippen molar-refractivity contribution in [1.82, 2.24) is 15.1 Å². The minimum absolute atomic E-state index is 0.00807. The average Bonchev–Trinajstić information content (AvgIpc) is 3.53. The number of carbonyl (C=O) groups is 1. The first kappa shape index (κ1) is 21.4. The predicted molar refractivity (Wildman–Crippen MR) is 113 cm³/mol. The molecular formula is C23H30N4O4. The van der Waals surface area contributed by atoms with Gasteiger partial charge in [-0.3, -0.25) is 4.79 Å². The summed E-state index contributed by atoms with van der Waals surface area (Å²) in [6.07, 6.45) is 10.5. The molecule has 1 aromatic rings. The number of hydrogen-bond acceptors (Lipinski definition) is 6. The number of nitrogens with zero attached hydrogens (tertiary/aromatic N) is 3.